The highest BCUT2D eigenvalue weighted by atomic mass is 19.3. The number of rotatable bonds is 9. The number of alkyl halides is 4. The lowest BCUT2D eigenvalue weighted by Gasteiger charge is -2.35. The topological polar surface area (TPSA) is 115 Å². The Kier molecular flexibility index (Phi) is 9.88. The van der Waals surface area contributed by atoms with E-state index in [4.69, 9.17) is 10.5 Å². The van der Waals surface area contributed by atoms with Crippen molar-refractivity contribution in [3.63, 3.8) is 0 Å². The minimum absolute atomic E-state index is 0.00100. The number of carbonyl (C=O) groups excluding carboxylic acids is 2. The maximum Gasteiger partial charge on any atom is 0.249 e. The van der Waals surface area contributed by atoms with Gasteiger partial charge in [-0.1, -0.05) is 0 Å². The molecule has 2 unspecified atom stereocenters. The molecule has 2 saturated carbocycles. The zero-order valence-corrected chi connectivity index (χ0v) is 30.1. The van der Waals surface area contributed by atoms with Gasteiger partial charge in [-0.15, -0.1) is 0 Å². The largest absolute Gasteiger partial charge is 0.391 e. The zero-order valence-electron chi connectivity index (χ0n) is 30.1. The lowest BCUT2D eigenvalue weighted by Crippen LogP contribution is -2.40. The summed E-state index contributed by atoms with van der Waals surface area (Å²) in [6.07, 6.45) is 1.80. The summed E-state index contributed by atoms with van der Waals surface area (Å²) in [5, 5.41) is 28.1. The fraction of sp³-hybridized carbons (Fsp3) is 0.429. The molecule has 12 heteroatoms. The highest BCUT2D eigenvalue weighted by Crippen LogP contribution is 2.45. The molecule has 280 valence electrons. The third kappa shape index (κ3) is 7.25. The molecule has 2 bridgehead atoms. The zero-order chi connectivity index (χ0) is 38.5. The van der Waals surface area contributed by atoms with Gasteiger partial charge < -0.3 is 14.2 Å². The van der Waals surface area contributed by atoms with Crippen molar-refractivity contribution in [2.75, 3.05) is 6.54 Å². The summed E-state index contributed by atoms with van der Waals surface area (Å²) in [6.45, 7) is 4.01. The number of nitriles is 2. The van der Waals surface area contributed by atoms with Crippen LogP contribution in [0, 0.1) is 48.3 Å². The molecule has 0 radical (unpaired) electrons. The Morgan fingerprint density at radius 2 is 1.39 bits per heavy atom. The summed E-state index contributed by atoms with van der Waals surface area (Å²) >= 11 is 0. The summed E-state index contributed by atoms with van der Waals surface area (Å²) < 4.78 is 56.6. The van der Waals surface area contributed by atoms with Gasteiger partial charge in [-0.3, -0.25) is 14.5 Å². The van der Waals surface area contributed by atoms with Crippen molar-refractivity contribution in [1.82, 2.24) is 14.0 Å². The number of nitrogens with zero attached hydrogens (tertiary/aromatic N) is 5. The normalized spacial score (nSPS) is 22.7. The average Bonchev–Trinajstić information content (AvgIpc) is 3.87. The van der Waals surface area contributed by atoms with Crippen LogP contribution in [-0.4, -0.2) is 67.3 Å². The number of carbonyl (C=O) groups is 2. The summed E-state index contributed by atoms with van der Waals surface area (Å²) in [5.74, 6) is -6.25. The van der Waals surface area contributed by atoms with E-state index in [1.54, 1.807) is 53.1 Å². The number of aryl methyl sites for hydroxylation is 1. The van der Waals surface area contributed by atoms with E-state index in [9.17, 15) is 32.3 Å². The van der Waals surface area contributed by atoms with Gasteiger partial charge in [-0.05, 0) is 112 Å². The molecule has 0 spiro atoms. The molecule has 1 N–H and O–H groups in total. The number of ketones is 2. The molecule has 2 aliphatic heterocycles. The van der Waals surface area contributed by atoms with Crippen molar-refractivity contribution in [3.8, 4) is 23.5 Å². The van der Waals surface area contributed by atoms with Crippen LogP contribution in [0.25, 0.3) is 11.4 Å². The van der Waals surface area contributed by atoms with Crippen molar-refractivity contribution in [3.05, 3.63) is 106 Å². The van der Waals surface area contributed by atoms with E-state index in [1.807, 2.05) is 42.7 Å². The predicted octanol–water partition coefficient (Wildman–Crippen LogP) is 7.91. The molecule has 4 aliphatic rings. The van der Waals surface area contributed by atoms with Crippen molar-refractivity contribution in [1.29, 1.82) is 10.5 Å². The van der Waals surface area contributed by atoms with E-state index < -0.39 is 17.8 Å². The fourth-order valence-electron chi connectivity index (χ4n) is 8.75. The molecule has 0 amide bonds. The second-order valence-electron chi connectivity index (χ2n) is 15.3. The number of aliphatic hydroxyl groups excluding tert-OH is 1. The fourth-order valence-corrected chi connectivity index (χ4v) is 8.75. The van der Waals surface area contributed by atoms with E-state index in [0.717, 1.165) is 47.7 Å². The lowest BCUT2D eigenvalue weighted by molar-refractivity contribution is -0.110. The smallest absolute Gasteiger partial charge is 0.249 e. The SMILES string of the molecule is Cc1c(C(=O)CN2C3CCC2[C@@H](O)C3)cc(CC2CC(F)(F)C2)n1-c1ccc(C#N)cc1.Cc1ccc(C(=O)C2CC(F)(F)C2)n1-c1ccc(C#N)cc1. The van der Waals surface area contributed by atoms with Crippen molar-refractivity contribution in [2.45, 2.75) is 95.2 Å². The van der Waals surface area contributed by atoms with Crippen LogP contribution in [-0.2, 0) is 6.42 Å². The first-order valence-corrected chi connectivity index (χ1v) is 18.3. The molecule has 54 heavy (non-hydrogen) atoms. The number of aromatic nitrogens is 2. The Balaban J connectivity index is 0.000000179. The van der Waals surface area contributed by atoms with Gasteiger partial charge >= 0.3 is 0 Å². The number of fused-ring (bicyclic) bond motifs is 2. The Bertz CT molecular complexity index is 2140. The minimum atomic E-state index is -2.71. The number of hydrogen-bond donors (Lipinski definition) is 1. The highest BCUT2D eigenvalue weighted by Gasteiger charge is 2.49. The molecular formula is C42H41F4N5O3. The Labute approximate surface area is 311 Å². The van der Waals surface area contributed by atoms with Crippen LogP contribution in [0.1, 0.15) is 94.0 Å². The Hall–Kier alpha value is -5.04. The lowest BCUT2D eigenvalue weighted by atomic mass is 9.77. The predicted molar refractivity (Wildman–Crippen MR) is 192 cm³/mol. The molecule has 8 nitrogen and oxygen atoms in total. The van der Waals surface area contributed by atoms with Gasteiger partial charge in [-0.2, -0.15) is 10.5 Å². The van der Waals surface area contributed by atoms with Gasteiger partial charge in [0.05, 0.1) is 41.6 Å². The van der Waals surface area contributed by atoms with Gasteiger partial charge in [0.2, 0.25) is 11.8 Å². The molecular weight excluding hydrogens is 698 g/mol. The Morgan fingerprint density at radius 3 is 1.89 bits per heavy atom. The molecule has 2 aromatic carbocycles. The molecule has 4 heterocycles. The molecule has 8 rings (SSSR count). The first-order valence-electron chi connectivity index (χ1n) is 18.3. The number of hydrogen-bond acceptors (Lipinski definition) is 6. The second kappa shape index (κ2) is 14.3. The van der Waals surface area contributed by atoms with Crippen LogP contribution in [0.5, 0.6) is 0 Å². The van der Waals surface area contributed by atoms with Crippen LogP contribution in [0.15, 0.2) is 66.7 Å². The molecule has 2 saturated heterocycles. The van der Waals surface area contributed by atoms with E-state index in [2.05, 4.69) is 11.0 Å². The molecule has 2 aliphatic carbocycles. The van der Waals surface area contributed by atoms with Gasteiger partial charge in [0.25, 0.3) is 0 Å². The maximum absolute atomic E-state index is 13.4. The third-order valence-corrected chi connectivity index (χ3v) is 11.6. The van der Waals surface area contributed by atoms with Crippen molar-refractivity contribution >= 4 is 11.6 Å². The van der Waals surface area contributed by atoms with Gasteiger partial charge in [0.15, 0.2) is 11.6 Å². The number of halogens is 4. The standard InChI is InChI=1S/C25H27F2N3O2.C17H14F2N2O/c1-15-21(24(32)14-29-19-6-7-22(29)23(31)10-19)9-20(8-17-11-25(26,27)12-17)30(15)18-4-2-16(13-28)3-5-18;1-11-2-7-15(16(22)13-8-17(18,19)9-13)21(11)14-5-3-12(10-20)4-6-14/h2-5,9,17,19,22-23,31H,6-8,10-12,14H2,1H3;2-7,13H,8-9H2,1H3/t19?,22?,23-;/m0./s1. The summed E-state index contributed by atoms with van der Waals surface area (Å²) in [7, 11) is 0. The van der Waals surface area contributed by atoms with E-state index in [1.165, 1.54) is 0 Å². The number of benzene rings is 2. The van der Waals surface area contributed by atoms with Gasteiger partial charge in [-0.25, -0.2) is 17.6 Å². The van der Waals surface area contributed by atoms with Crippen LogP contribution in [0.2, 0.25) is 0 Å². The van der Waals surface area contributed by atoms with Gasteiger partial charge in [0, 0.05) is 77.7 Å². The maximum atomic E-state index is 13.4. The number of aliphatic hydroxyl groups is 1. The number of Topliss-reactive ketones (excluding diaryl/α,β-unsaturated/α-hetero) is 2. The minimum Gasteiger partial charge on any atom is -0.391 e. The summed E-state index contributed by atoms with van der Waals surface area (Å²) in [6, 6.07) is 23.7. The average molecular weight is 740 g/mol. The first kappa shape index (κ1) is 37.3. The van der Waals surface area contributed by atoms with Crippen LogP contribution >= 0.6 is 0 Å². The quantitative estimate of drug-likeness (QED) is 0.138. The van der Waals surface area contributed by atoms with Gasteiger partial charge in [0.1, 0.15) is 0 Å². The first-order chi connectivity index (χ1) is 25.7. The van der Waals surface area contributed by atoms with Crippen molar-refractivity contribution < 1.29 is 32.3 Å². The van der Waals surface area contributed by atoms with E-state index in [-0.39, 0.29) is 67.9 Å². The van der Waals surface area contributed by atoms with E-state index >= 15 is 0 Å². The molecule has 4 aromatic rings. The van der Waals surface area contributed by atoms with Crippen LogP contribution in [0.3, 0.4) is 0 Å². The molecule has 3 atom stereocenters. The third-order valence-electron chi connectivity index (χ3n) is 11.6. The second-order valence-corrected chi connectivity index (χ2v) is 15.3. The van der Waals surface area contributed by atoms with Crippen LogP contribution < -0.4 is 0 Å². The van der Waals surface area contributed by atoms with Crippen LogP contribution in [0.4, 0.5) is 17.6 Å². The summed E-state index contributed by atoms with van der Waals surface area (Å²) in [5.41, 5.74) is 6.14. The Morgan fingerprint density at radius 1 is 0.815 bits per heavy atom. The molecule has 2 aromatic heterocycles. The highest BCUT2D eigenvalue weighted by molar-refractivity contribution is 5.99. The summed E-state index contributed by atoms with van der Waals surface area (Å²) in [4.78, 5) is 27.9. The van der Waals surface area contributed by atoms with Crippen molar-refractivity contribution in [2.24, 2.45) is 11.8 Å². The van der Waals surface area contributed by atoms with E-state index in [0.29, 0.717) is 28.8 Å². The molecule has 4 fully saturated rings. The monoisotopic (exact) mass is 739 g/mol.